The smallest absolute Gasteiger partial charge is 0.289 e. The van der Waals surface area contributed by atoms with Crippen molar-refractivity contribution in [3.8, 4) is 5.75 Å². The highest BCUT2D eigenvalue weighted by atomic mass is 16.5. The van der Waals surface area contributed by atoms with E-state index in [9.17, 15) is 4.79 Å². The zero-order valence-corrected chi connectivity index (χ0v) is 16.1. The van der Waals surface area contributed by atoms with Crippen molar-refractivity contribution >= 4 is 11.9 Å². The number of carbonyl (C=O) groups is 1. The van der Waals surface area contributed by atoms with Gasteiger partial charge in [0.15, 0.2) is 0 Å². The summed E-state index contributed by atoms with van der Waals surface area (Å²) in [5.41, 5.74) is 2.39. The first-order chi connectivity index (χ1) is 12.4. The quantitative estimate of drug-likeness (QED) is 0.860. The Morgan fingerprint density at radius 1 is 1.23 bits per heavy atom. The van der Waals surface area contributed by atoms with Gasteiger partial charge in [-0.05, 0) is 31.4 Å². The summed E-state index contributed by atoms with van der Waals surface area (Å²) in [6.45, 7) is 10.2. The van der Waals surface area contributed by atoms with Crippen molar-refractivity contribution in [3.63, 3.8) is 0 Å². The second-order valence-electron chi connectivity index (χ2n) is 7.41. The molecule has 1 aromatic heterocycles. The highest BCUT2D eigenvalue weighted by molar-refractivity contribution is 5.91. The van der Waals surface area contributed by atoms with Gasteiger partial charge in [-0.2, -0.15) is 0 Å². The molecule has 7 heteroatoms. The van der Waals surface area contributed by atoms with Gasteiger partial charge in [0.05, 0.1) is 13.7 Å². The van der Waals surface area contributed by atoms with E-state index in [0.717, 1.165) is 18.2 Å². The summed E-state index contributed by atoms with van der Waals surface area (Å²) in [5.74, 6) is 2.16. The SMILES string of the molecule is COc1cccc2c1CN(c1nnc(C(=O)NC(C)C)n1CC(C)C)C2. The average molecular weight is 357 g/mol. The van der Waals surface area contributed by atoms with Crippen LogP contribution in [-0.2, 0) is 19.6 Å². The highest BCUT2D eigenvalue weighted by Gasteiger charge is 2.29. The molecule has 0 saturated carbocycles. The van der Waals surface area contributed by atoms with Gasteiger partial charge in [0.2, 0.25) is 11.8 Å². The van der Waals surface area contributed by atoms with Crippen LogP contribution in [0, 0.1) is 5.92 Å². The molecule has 0 unspecified atom stereocenters. The molecule has 7 nitrogen and oxygen atoms in total. The Bertz CT molecular complexity index is 797. The number of methoxy groups -OCH3 is 1. The molecule has 0 radical (unpaired) electrons. The number of hydrogen-bond donors (Lipinski definition) is 1. The van der Waals surface area contributed by atoms with Crippen molar-refractivity contribution in [1.82, 2.24) is 20.1 Å². The Balaban J connectivity index is 1.93. The minimum atomic E-state index is -0.186. The van der Waals surface area contributed by atoms with E-state index in [1.54, 1.807) is 7.11 Å². The number of benzene rings is 1. The van der Waals surface area contributed by atoms with E-state index in [0.29, 0.717) is 24.8 Å². The van der Waals surface area contributed by atoms with E-state index in [-0.39, 0.29) is 11.9 Å². The number of nitrogens with zero attached hydrogens (tertiary/aromatic N) is 4. The van der Waals surface area contributed by atoms with Crippen LogP contribution in [0.4, 0.5) is 5.95 Å². The molecule has 2 aromatic rings. The maximum absolute atomic E-state index is 12.5. The van der Waals surface area contributed by atoms with Crippen molar-refractivity contribution in [2.45, 2.75) is 53.4 Å². The first kappa shape index (κ1) is 18.2. The van der Waals surface area contributed by atoms with Crippen molar-refractivity contribution < 1.29 is 9.53 Å². The third-order valence-corrected chi connectivity index (χ3v) is 4.34. The normalized spacial score (nSPS) is 13.4. The van der Waals surface area contributed by atoms with Gasteiger partial charge in [-0.3, -0.25) is 9.36 Å². The summed E-state index contributed by atoms with van der Waals surface area (Å²) in [7, 11) is 1.69. The fourth-order valence-corrected chi connectivity index (χ4v) is 3.28. The van der Waals surface area contributed by atoms with Gasteiger partial charge in [0.1, 0.15) is 5.75 Å². The largest absolute Gasteiger partial charge is 0.496 e. The summed E-state index contributed by atoms with van der Waals surface area (Å²) in [4.78, 5) is 14.7. The van der Waals surface area contributed by atoms with Crippen molar-refractivity contribution in [3.05, 3.63) is 35.2 Å². The van der Waals surface area contributed by atoms with E-state index in [2.05, 4.69) is 40.3 Å². The summed E-state index contributed by atoms with van der Waals surface area (Å²) >= 11 is 0. The lowest BCUT2D eigenvalue weighted by Crippen LogP contribution is -2.33. The lowest BCUT2D eigenvalue weighted by atomic mass is 10.1. The molecule has 26 heavy (non-hydrogen) atoms. The lowest BCUT2D eigenvalue weighted by molar-refractivity contribution is 0.0927. The molecule has 2 heterocycles. The van der Waals surface area contributed by atoms with Gasteiger partial charge >= 0.3 is 0 Å². The number of nitrogens with one attached hydrogen (secondary N) is 1. The molecule has 0 saturated heterocycles. The molecule has 0 bridgehead atoms. The number of anilines is 1. The Morgan fingerprint density at radius 2 is 2.00 bits per heavy atom. The molecular weight excluding hydrogens is 330 g/mol. The maximum atomic E-state index is 12.5. The molecule has 0 aliphatic carbocycles. The molecule has 1 aliphatic heterocycles. The standard InChI is InChI=1S/C19H27N5O2/c1-12(2)9-24-17(18(25)20-13(3)4)21-22-19(24)23-10-14-7-6-8-16(26-5)15(14)11-23/h6-8,12-13H,9-11H2,1-5H3,(H,20,25). The molecule has 140 valence electrons. The van der Waals surface area contributed by atoms with Crippen LogP contribution in [0.5, 0.6) is 5.75 Å². The van der Waals surface area contributed by atoms with Gasteiger partial charge < -0.3 is 15.0 Å². The van der Waals surface area contributed by atoms with Crippen LogP contribution >= 0.6 is 0 Å². The number of carbonyl (C=O) groups excluding carboxylic acids is 1. The minimum Gasteiger partial charge on any atom is -0.496 e. The number of aromatic nitrogens is 3. The number of amides is 1. The summed E-state index contributed by atoms with van der Waals surface area (Å²) in [6, 6.07) is 6.13. The van der Waals surface area contributed by atoms with Crippen molar-refractivity contribution in [2.24, 2.45) is 5.92 Å². The van der Waals surface area contributed by atoms with E-state index in [1.165, 1.54) is 11.1 Å². The average Bonchev–Trinajstić information content (AvgIpc) is 3.16. The van der Waals surface area contributed by atoms with Crippen LogP contribution in [0.15, 0.2) is 18.2 Å². The number of ether oxygens (including phenoxy) is 1. The van der Waals surface area contributed by atoms with Crippen LogP contribution in [0.2, 0.25) is 0 Å². The molecule has 1 N–H and O–H groups in total. The predicted octanol–water partition coefficient (Wildman–Crippen LogP) is 2.60. The third kappa shape index (κ3) is 3.52. The van der Waals surface area contributed by atoms with Gasteiger partial charge in [0, 0.05) is 24.7 Å². The molecule has 0 atom stereocenters. The Labute approximate surface area is 154 Å². The zero-order valence-electron chi connectivity index (χ0n) is 16.1. The Morgan fingerprint density at radius 3 is 2.65 bits per heavy atom. The summed E-state index contributed by atoms with van der Waals surface area (Å²) < 4.78 is 7.42. The number of fused-ring (bicyclic) bond motifs is 1. The van der Waals surface area contributed by atoms with Crippen LogP contribution in [0.25, 0.3) is 0 Å². The molecule has 3 rings (SSSR count). The monoisotopic (exact) mass is 357 g/mol. The fraction of sp³-hybridized carbons (Fsp3) is 0.526. The molecule has 1 aliphatic rings. The number of rotatable bonds is 6. The first-order valence-electron chi connectivity index (χ1n) is 9.04. The van der Waals surface area contributed by atoms with Crippen LogP contribution < -0.4 is 15.0 Å². The molecule has 0 fully saturated rings. The first-order valence-corrected chi connectivity index (χ1v) is 9.04. The van der Waals surface area contributed by atoms with Crippen molar-refractivity contribution in [1.29, 1.82) is 0 Å². The van der Waals surface area contributed by atoms with E-state index >= 15 is 0 Å². The minimum absolute atomic E-state index is 0.0513. The summed E-state index contributed by atoms with van der Waals surface area (Å²) in [5, 5.41) is 11.5. The topological polar surface area (TPSA) is 72.3 Å². The molecule has 1 amide bonds. The van der Waals surface area contributed by atoms with Crippen LogP contribution in [0.3, 0.4) is 0 Å². The zero-order chi connectivity index (χ0) is 18.8. The van der Waals surface area contributed by atoms with E-state index in [4.69, 9.17) is 4.74 Å². The van der Waals surface area contributed by atoms with Gasteiger partial charge in [-0.1, -0.05) is 26.0 Å². The highest BCUT2D eigenvalue weighted by Crippen LogP contribution is 2.33. The summed E-state index contributed by atoms with van der Waals surface area (Å²) in [6.07, 6.45) is 0. The Hall–Kier alpha value is -2.57. The lowest BCUT2D eigenvalue weighted by Gasteiger charge is -2.20. The molecule has 1 aromatic carbocycles. The van der Waals surface area contributed by atoms with E-state index < -0.39 is 0 Å². The predicted molar refractivity (Wildman–Crippen MR) is 100 cm³/mol. The van der Waals surface area contributed by atoms with Gasteiger partial charge in [0.25, 0.3) is 5.91 Å². The maximum Gasteiger partial charge on any atom is 0.289 e. The number of hydrogen-bond acceptors (Lipinski definition) is 5. The van der Waals surface area contributed by atoms with Crippen LogP contribution in [0.1, 0.15) is 49.4 Å². The second kappa shape index (κ2) is 7.35. The molecular formula is C19H27N5O2. The fourth-order valence-electron chi connectivity index (χ4n) is 3.28. The van der Waals surface area contributed by atoms with Gasteiger partial charge in [-0.25, -0.2) is 0 Å². The Kier molecular flexibility index (Phi) is 5.15. The molecule has 0 spiro atoms. The van der Waals surface area contributed by atoms with Crippen LogP contribution in [-0.4, -0.2) is 33.8 Å². The van der Waals surface area contributed by atoms with Gasteiger partial charge in [-0.15, -0.1) is 10.2 Å². The van der Waals surface area contributed by atoms with E-state index in [1.807, 2.05) is 30.5 Å². The second-order valence-corrected chi connectivity index (χ2v) is 7.41. The third-order valence-electron chi connectivity index (χ3n) is 4.34. The van der Waals surface area contributed by atoms with Crippen molar-refractivity contribution in [2.75, 3.05) is 12.0 Å².